The van der Waals surface area contributed by atoms with E-state index in [1.165, 1.54) is 6.07 Å². The van der Waals surface area contributed by atoms with Gasteiger partial charge in [0, 0.05) is 30.3 Å². The highest BCUT2D eigenvalue weighted by Gasteiger charge is 2.43. The van der Waals surface area contributed by atoms with Gasteiger partial charge in [0.2, 0.25) is 5.91 Å². The summed E-state index contributed by atoms with van der Waals surface area (Å²) in [5.74, 6) is -5.50. The van der Waals surface area contributed by atoms with Crippen LogP contribution >= 0.6 is 0 Å². The van der Waals surface area contributed by atoms with Gasteiger partial charge < -0.3 is 16.0 Å². The number of anilines is 1. The van der Waals surface area contributed by atoms with Crippen molar-refractivity contribution in [2.24, 2.45) is 0 Å². The molecule has 1 aromatic carbocycles. The first-order valence-corrected chi connectivity index (χ1v) is 7.32. The average molecular weight is 337 g/mol. The number of alkyl halides is 2. The zero-order chi connectivity index (χ0) is 17.7. The molecule has 1 atom stereocenters. The average Bonchev–Trinajstić information content (AvgIpc) is 2.56. The van der Waals surface area contributed by atoms with Gasteiger partial charge in [-0.2, -0.15) is 8.78 Å². The molecule has 1 unspecified atom stereocenters. The first kappa shape index (κ1) is 17.6. The highest BCUT2D eigenvalue weighted by molar-refractivity contribution is 6.00. The van der Waals surface area contributed by atoms with Crippen molar-refractivity contribution >= 4 is 23.4 Å². The Labute approximate surface area is 137 Å². The van der Waals surface area contributed by atoms with E-state index in [0.29, 0.717) is 11.3 Å². The number of rotatable bonds is 5. The SMILES string of the molecule is C=CC(=O)Nc1cccc(C(=O)NCC2CCC(F)(F)C(=O)N2)c1. The molecule has 24 heavy (non-hydrogen) atoms. The number of carbonyl (C=O) groups excluding carboxylic acids is 3. The fourth-order valence-electron chi connectivity index (χ4n) is 2.23. The van der Waals surface area contributed by atoms with E-state index in [2.05, 4.69) is 22.5 Å². The molecule has 0 saturated carbocycles. The number of hydrogen-bond acceptors (Lipinski definition) is 3. The third-order valence-electron chi connectivity index (χ3n) is 3.56. The number of amides is 3. The second-order valence-electron chi connectivity index (χ2n) is 5.40. The fourth-order valence-corrected chi connectivity index (χ4v) is 2.23. The van der Waals surface area contributed by atoms with Crippen LogP contribution in [0.15, 0.2) is 36.9 Å². The minimum atomic E-state index is -3.35. The van der Waals surface area contributed by atoms with Crippen LogP contribution in [0.4, 0.5) is 14.5 Å². The Morgan fingerprint density at radius 1 is 1.42 bits per heavy atom. The molecule has 0 radical (unpaired) electrons. The normalized spacial score (nSPS) is 19.1. The molecule has 6 nitrogen and oxygen atoms in total. The molecule has 0 spiro atoms. The Kier molecular flexibility index (Phi) is 5.28. The molecule has 1 saturated heterocycles. The van der Waals surface area contributed by atoms with Crippen LogP contribution in [-0.4, -0.2) is 36.2 Å². The zero-order valence-electron chi connectivity index (χ0n) is 12.8. The molecule has 1 aliphatic rings. The Morgan fingerprint density at radius 2 is 2.17 bits per heavy atom. The second-order valence-corrected chi connectivity index (χ2v) is 5.40. The number of halogens is 2. The Morgan fingerprint density at radius 3 is 2.83 bits per heavy atom. The molecule has 128 valence electrons. The lowest BCUT2D eigenvalue weighted by Crippen LogP contribution is -2.54. The fraction of sp³-hybridized carbons (Fsp3) is 0.312. The van der Waals surface area contributed by atoms with E-state index in [4.69, 9.17) is 0 Å². The van der Waals surface area contributed by atoms with Crippen LogP contribution in [0.1, 0.15) is 23.2 Å². The highest BCUT2D eigenvalue weighted by Crippen LogP contribution is 2.25. The Bertz CT molecular complexity index is 676. The third kappa shape index (κ3) is 4.37. The number of benzene rings is 1. The maximum absolute atomic E-state index is 13.1. The van der Waals surface area contributed by atoms with Crippen molar-refractivity contribution in [3.63, 3.8) is 0 Å². The van der Waals surface area contributed by atoms with Crippen molar-refractivity contribution in [1.29, 1.82) is 0 Å². The first-order valence-electron chi connectivity index (χ1n) is 7.32. The molecule has 1 heterocycles. The topological polar surface area (TPSA) is 87.3 Å². The van der Waals surface area contributed by atoms with E-state index in [0.717, 1.165) is 6.08 Å². The zero-order valence-corrected chi connectivity index (χ0v) is 12.8. The van der Waals surface area contributed by atoms with Gasteiger partial charge in [-0.05, 0) is 30.7 Å². The maximum Gasteiger partial charge on any atom is 0.324 e. The summed E-state index contributed by atoms with van der Waals surface area (Å²) < 4.78 is 26.1. The van der Waals surface area contributed by atoms with Crippen LogP contribution in [0.25, 0.3) is 0 Å². The molecule has 3 N–H and O–H groups in total. The summed E-state index contributed by atoms with van der Waals surface area (Å²) in [7, 11) is 0. The summed E-state index contributed by atoms with van der Waals surface area (Å²) in [6.07, 6.45) is 0.644. The molecule has 1 fully saturated rings. The van der Waals surface area contributed by atoms with E-state index in [-0.39, 0.29) is 13.0 Å². The van der Waals surface area contributed by atoms with Crippen LogP contribution in [0.5, 0.6) is 0 Å². The van der Waals surface area contributed by atoms with Crippen LogP contribution < -0.4 is 16.0 Å². The molecule has 3 amide bonds. The van der Waals surface area contributed by atoms with Crippen molar-refractivity contribution in [3.05, 3.63) is 42.5 Å². The summed E-state index contributed by atoms with van der Waals surface area (Å²) >= 11 is 0. The predicted octanol–water partition coefficient (Wildman–Crippen LogP) is 1.45. The van der Waals surface area contributed by atoms with Gasteiger partial charge in [0.15, 0.2) is 0 Å². The third-order valence-corrected chi connectivity index (χ3v) is 3.56. The van der Waals surface area contributed by atoms with Gasteiger partial charge in [0.1, 0.15) is 0 Å². The lowest BCUT2D eigenvalue weighted by atomic mass is 10.0. The maximum atomic E-state index is 13.1. The smallest absolute Gasteiger partial charge is 0.324 e. The van der Waals surface area contributed by atoms with Crippen molar-refractivity contribution < 1.29 is 23.2 Å². The minimum absolute atomic E-state index is 0.0455. The molecule has 0 aliphatic carbocycles. The van der Waals surface area contributed by atoms with Crippen LogP contribution in [0, 0.1) is 0 Å². The standard InChI is InChI=1S/C16H17F2N3O3/c1-2-13(22)20-11-5-3-4-10(8-11)14(23)19-9-12-6-7-16(17,18)15(24)21-12/h2-5,8,12H,1,6-7,9H2,(H,19,23)(H,20,22)(H,21,24). The number of hydrogen-bond donors (Lipinski definition) is 3. The number of piperidine rings is 1. The molecule has 0 bridgehead atoms. The first-order chi connectivity index (χ1) is 11.3. The number of carbonyl (C=O) groups is 3. The Hall–Kier alpha value is -2.77. The van der Waals surface area contributed by atoms with Crippen molar-refractivity contribution in [2.75, 3.05) is 11.9 Å². The van der Waals surface area contributed by atoms with Gasteiger partial charge in [-0.25, -0.2) is 0 Å². The summed E-state index contributed by atoms with van der Waals surface area (Å²) in [5, 5.41) is 7.30. The lowest BCUT2D eigenvalue weighted by Gasteiger charge is -2.28. The van der Waals surface area contributed by atoms with E-state index >= 15 is 0 Å². The molecule has 1 aromatic rings. The van der Waals surface area contributed by atoms with E-state index < -0.39 is 36.1 Å². The largest absolute Gasteiger partial charge is 0.350 e. The van der Waals surface area contributed by atoms with E-state index in [1.807, 2.05) is 0 Å². The van der Waals surface area contributed by atoms with Crippen LogP contribution in [-0.2, 0) is 9.59 Å². The summed E-state index contributed by atoms with van der Waals surface area (Å²) in [6, 6.07) is 5.69. The summed E-state index contributed by atoms with van der Waals surface area (Å²) in [5.41, 5.74) is 0.725. The van der Waals surface area contributed by atoms with Gasteiger partial charge in [-0.1, -0.05) is 12.6 Å². The molecule has 8 heteroatoms. The number of nitrogens with one attached hydrogen (secondary N) is 3. The van der Waals surface area contributed by atoms with E-state index in [1.54, 1.807) is 18.2 Å². The quantitative estimate of drug-likeness (QED) is 0.711. The van der Waals surface area contributed by atoms with E-state index in [9.17, 15) is 23.2 Å². The Balaban J connectivity index is 1.91. The van der Waals surface area contributed by atoms with Crippen molar-refractivity contribution in [2.45, 2.75) is 24.8 Å². The van der Waals surface area contributed by atoms with Crippen molar-refractivity contribution in [3.8, 4) is 0 Å². The second kappa shape index (κ2) is 7.20. The lowest BCUT2D eigenvalue weighted by molar-refractivity contribution is -0.151. The van der Waals surface area contributed by atoms with Crippen molar-refractivity contribution in [1.82, 2.24) is 10.6 Å². The van der Waals surface area contributed by atoms with Gasteiger partial charge in [0.25, 0.3) is 11.8 Å². The molecular weight excluding hydrogens is 320 g/mol. The van der Waals surface area contributed by atoms with Gasteiger partial charge >= 0.3 is 5.92 Å². The molecule has 0 aromatic heterocycles. The molecule has 1 aliphatic heterocycles. The van der Waals surface area contributed by atoms with Gasteiger partial charge in [0.05, 0.1) is 0 Å². The summed E-state index contributed by atoms with van der Waals surface area (Å²) in [4.78, 5) is 34.5. The molecular formula is C16H17F2N3O3. The highest BCUT2D eigenvalue weighted by atomic mass is 19.3. The minimum Gasteiger partial charge on any atom is -0.350 e. The monoisotopic (exact) mass is 337 g/mol. The van der Waals surface area contributed by atoms with Gasteiger partial charge in [-0.15, -0.1) is 0 Å². The van der Waals surface area contributed by atoms with Crippen LogP contribution in [0.2, 0.25) is 0 Å². The summed E-state index contributed by atoms with van der Waals surface area (Å²) in [6.45, 7) is 3.38. The van der Waals surface area contributed by atoms with Crippen LogP contribution in [0.3, 0.4) is 0 Å². The van der Waals surface area contributed by atoms with Gasteiger partial charge in [-0.3, -0.25) is 14.4 Å². The molecule has 2 rings (SSSR count). The predicted molar refractivity (Wildman–Crippen MR) is 83.7 cm³/mol.